The monoisotopic (exact) mass is 206 g/mol. The van der Waals surface area contributed by atoms with E-state index in [1.807, 2.05) is 32.0 Å². The molecule has 0 aliphatic carbocycles. The van der Waals surface area contributed by atoms with Crippen LogP contribution in [0.3, 0.4) is 0 Å². The van der Waals surface area contributed by atoms with E-state index in [9.17, 15) is 4.79 Å². The van der Waals surface area contributed by atoms with Crippen LogP contribution < -0.4 is 4.74 Å². The first-order valence-corrected chi connectivity index (χ1v) is 5.10. The number of ether oxygens (including phenoxy) is 2. The lowest BCUT2D eigenvalue weighted by atomic mass is 10.1. The SMILES string of the molecule is CC(C)[C@H]1O[C@@H]1C(=O)Oc1ccccc1. The lowest BCUT2D eigenvalue weighted by Crippen LogP contribution is -2.18. The maximum absolute atomic E-state index is 11.5. The molecule has 2 atom stereocenters. The zero-order valence-corrected chi connectivity index (χ0v) is 8.84. The molecule has 3 nitrogen and oxygen atoms in total. The molecule has 1 heterocycles. The largest absolute Gasteiger partial charge is 0.425 e. The van der Waals surface area contributed by atoms with Crippen LogP contribution >= 0.6 is 0 Å². The molecule has 2 rings (SSSR count). The van der Waals surface area contributed by atoms with Gasteiger partial charge in [-0.1, -0.05) is 32.0 Å². The molecule has 0 aromatic heterocycles. The molecule has 3 heteroatoms. The summed E-state index contributed by atoms with van der Waals surface area (Å²) in [6, 6.07) is 9.05. The number of hydrogen-bond acceptors (Lipinski definition) is 3. The van der Waals surface area contributed by atoms with Gasteiger partial charge in [-0.2, -0.15) is 0 Å². The second-order valence-corrected chi connectivity index (χ2v) is 4.00. The highest BCUT2D eigenvalue weighted by atomic mass is 16.6. The van der Waals surface area contributed by atoms with Crippen LogP contribution in [0.15, 0.2) is 30.3 Å². The summed E-state index contributed by atoms with van der Waals surface area (Å²) >= 11 is 0. The molecular weight excluding hydrogens is 192 g/mol. The van der Waals surface area contributed by atoms with Crippen LogP contribution in [0, 0.1) is 5.92 Å². The Morgan fingerprint density at radius 3 is 2.53 bits per heavy atom. The number of epoxide rings is 1. The minimum absolute atomic E-state index is 0.0289. The van der Waals surface area contributed by atoms with Crippen LogP contribution in [0.25, 0.3) is 0 Å². The zero-order chi connectivity index (χ0) is 10.8. The normalized spacial score (nSPS) is 23.9. The Morgan fingerprint density at radius 1 is 1.33 bits per heavy atom. The van der Waals surface area contributed by atoms with E-state index in [-0.39, 0.29) is 18.2 Å². The number of hydrogen-bond donors (Lipinski definition) is 0. The molecule has 15 heavy (non-hydrogen) atoms. The molecule has 0 amide bonds. The summed E-state index contributed by atoms with van der Waals surface area (Å²) < 4.78 is 10.4. The van der Waals surface area contributed by atoms with Crippen molar-refractivity contribution in [2.45, 2.75) is 26.1 Å². The van der Waals surface area contributed by atoms with Crippen molar-refractivity contribution in [2.24, 2.45) is 5.92 Å². The average Bonchev–Trinajstić information content (AvgIpc) is 2.98. The van der Waals surface area contributed by atoms with Crippen LogP contribution in [-0.2, 0) is 9.53 Å². The molecule has 1 aliphatic rings. The quantitative estimate of drug-likeness (QED) is 0.431. The third-order valence-corrected chi connectivity index (χ3v) is 2.38. The summed E-state index contributed by atoms with van der Waals surface area (Å²) in [6.07, 6.45) is -0.341. The Bertz CT molecular complexity index is 345. The highest BCUT2D eigenvalue weighted by Gasteiger charge is 2.48. The van der Waals surface area contributed by atoms with Gasteiger partial charge in [-0.25, -0.2) is 4.79 Å². The molecule has 1 fully saturated rings. The van der Waals surface area contributed by atoms with Gasteiger partial charge in [-0.15, -0.1) is 0 Å². The predicted molar refractivity (Wildman–Crippen MR) is 55.6 cm³/mol. The molecule has 80 valence electrons. The predicted octanol–water partition coefficient (Wildman–Crippen LogP) is 2.02. The van der Waals surface area contributed by atoms with E-state index in [1.165, 1.54) is 0 Å². The number of carbonyl (C=O) groups excluding carboxylic acids is 1. The van der Waals surface area contributed by atoms with E-state index < -0.39 is 0 Å². The highest BCUT2D eigenvalue weighted by Crippen LogP contribution is 2.30. The Labute approximate surface area is 89.0 Å². The number of rotatable bonds is 3. The van der Waals surface area contributed by atoms with Gasteiger partial charge in [0.25, 0.3) is 0 Å². The van der Waals surface area contributed by atoms with Gasteiger partial charge >= 0.3 is 5.97 Å². The van der Waals surface area contributed by atoms with E-state index >= 15 is 0 Å². The molecule has 0 bridgehead atoms. The fourth-order valence-electron chi connectivity index (χ4n) is 1.48. The van der Waals surface area contributed by atoms with E-state index in [1.54, 1.807) is 12.1 Å². The number of para-hydroxylation sites is 1. The first-order valence-electron chi connectivity index (χ1n) is 5.10. The first kappa shape index (κ1) is 10.2. The lowest BCUT2D eigenvalue weighted by Gasteiger charge is -2.01. The Hall–Kier alpha value is -1.35. The van der Waals surface area contributed by atoms with Gasteiger partial charge in [-0.3, -0.25) is 0 Å². The molecule has 1 saturated heterocycles. The Kier molecular flexibility index (Phi) is 2.73. The third kappa shape index (κ3) is 2.36. The smallest absolute Gasteiger partial charge is 0.343 e. The fraction of sp³-hybridized carbons (Fsp3) is 0.417. The van der Waals surface area contributed by atoms with Gasteiger partial charge in [-0.05, 0) is 18.1 Å². The van der Waals surface area contributed by atoms with Crippen molar-refractivity contribution < 1.29 is 14.3 Å². The molecule has 1 aliphatic heterocycles. The lowest BCUT2D eigenvalue weighted by molar-refractivity contribution is -0.135. The number of benzene rings is 1. The van der Waals surface area contributed by atoms with E-state index in [0.717, 1.165) is 0 Å². The molecule has 0 radical (unpaired) electrons. The first-order chi connectivity index (χ1) is 7.18. The van der Waals surface area contributed by atoms with Crippen LogP contribution in [0.2, 0.25) is 0 Å². The van der Waals surface area contributed by atoms with Crippen LogP contribution in [0.1, 0.15) is 13.8 Å². The van der Waals surface area contributed by atoms with E-state index in [0.29, 0.717) is 11.7 Å². The topological polar surface area (TPSA) is 38.8 Å². The van der Waals surface area contributed by atoms with Crippen molar-refractivity contribution in [3.63, 3.8) is 0 Å². The van der Waals surface area contributed by atoms with Crippen LogP contribution in [0.4, 0.5) is 0 Å². The zero-order valence-electron chi connectivity index (χ0n) is 8.84. The van der Waals surface area contributed by atoms with Gasteiger partial charge in [0.15, 0.2) is 6.10 Å². The second kappa shape index (κ2) is 4.03. The number of esters is 1. The molecule has 0 saturated carbocycles. The fourth-order valence-corrected chi connectivity index (χ4v) is 1.48. The van der Waals surface area contributed by atoms with Crippen molar-refractivity contribution in [2.75, 3.05) is 0 Å². The van der Waals surface area contributed by atoms with E-state index in [4.69, 9.17) is 9.47 Å². The summed E-state index contributed by atoms with van der Waals surface area (Å²) in [4.78, 5) is 11.5. The van der Waals surface area contributed by atoms with Crippen LogP contribution in [-0.4, -0.2) is 18.2 Å². The summed E-state index contributed by atoms with van der Waals surface area (Å²) in [5, 5.41) is 0. The van der Waals surface area contributed by atoms with Crippen molar-refractivity contribution >= 4 is 5.97 Å². The molecule has 1 aromatic carbocycles. The molecule has 1 aromatic rings. The third-order valence-electron chi connectivity index (χ3n) is 2.38. The van der Waals surface area contributed by atoms with Crippen LogP contribution in [0.5, 0.6) is 5.75 Å². The molecule has 0 spiro atoms. The second-order valence-electron chi connectivity index (χ2n) is 4.00. The van der Waals surface area contributed by atoms with Crippen molar-refractivity contribution in [3.8, 4) is 5.75 Å². The minimum atomic E-state index is -0.370. The molecular formula is C12H14O3. The summed E-state index contributed by atoms with van der Waals surface area (Å²) in [5.41, 5.74) is 0. The molecule has 0 unspecified atom stereocenters. The van der Waals surface area contributed by atoms with Gasteiger partial charge in [0, 0.05) is 0 Å². The highest BCUT2D eigenvalue weighted by molar-refractivity contribution is 5.80. The number of carbonyl (C=O) groups is 1. The molecule has 0 N–H and O–H groups in total. The Morgan fingerprint density at radius 2 is 2.00 bits per heavy atom. The summed E-state index contributed by atoms with van der Waals surface area (Å²) in [7, 11) is 0. The van der Waals surface area contributed by atoms with Crippen molar-refractivity contribution in [3.05, 3.63) is 30.3 Å². The van der Waals surface area contributed by atoms with E-state index in [2.05, 4.69) is 0 Å². The van der Waals surface area contributed by atoms with Gasteiger partial charge in [0.05, 0.1) is 6.10 Å². The standard InChI is InChI=1S/C12H14O3/c1-8(2)10-11(15-10)12(13)14-9-6-4-3-5-7-9/h3-8,10-11H,1-2H3/t10-,11+/m1/s1. The maximum atomic E-state index is 11.5. The summed E-state index contributed by atoms with van der Waals surface area (Å²) in [5.74, 6) is 0.638. The summed E-state index contributed by atoms with van der Waals surface area (Å²) in [6.45, 7) is 4.06. The van der Waals surface area contributed by atoms with Gasteiger partial charge in [0.1, 0.15) is 5.75 Å². The van der Waals surface area contributed by atoms with Crippen molar-refractivity contribution in [1.29, 1.82) is 0 Å². The minimum Gasteiger partial charge on any atom is -0.425 e. The van der Waals surface area contributed by atoms with Gasteiger partial charge in [0.2, 0.25) is 0 Å². The maximum Gasteiger partial charge on any atom is 0.343 e. The van der Waals surface area contributed by atoms with Crippen molar-refractivity contribution in [1.82, 2.24) is 0 Å². The Balaban J connectivity index is 1.90. The van der Waals surface area contributed by atoms with Gasteiger partial charge < -0.3 is 9.47 Å². The average molecular weight is 206 g/mol.